The van der Waals surface area contributed by atoms with Crippen LogP contribution < -0.4 is 9.47 Å². The van der Waals surface area contributed by atoms with Crippen LogP contribution in [0.25, 0.3) is 10.6 Å². The zero-order valence-corrected chi connectivity index (χ0v) is 11.7. The van der Waals surface area contributed by atoms with Crippen LogP contribution in [0.2, 0.25) is 0 Å². The summed E-state index contributed by atoms with van der Waals surface area (Å²) >= 11 is 1.61. The molecule has 4 nitrogen and oxygen atoms in total. The van der Waals surface area contributed by atoms with Gasteiger partial charge in [0.1, 0.15) is 10.0 Å². The second-order valence-electron chi connectivity index (χ2n) is 4.17. The summed E-state index contributed by atoms with van der Waals surface area (Å²) in [5, 5.41) is 10.3. The highest BCUT2D eigenvalue weighted by molar-refractivity contribution is 7.14. The van der Waals surface area contributed by atoms with Crippen LogP contribution in [0, 0.1) is 0 Å². The Morgan fingerprint density at radius 2 is 1.78 bits per heavy atom. The first-order valence-corrected chi connectivity index (χ1v) is 6.53. The van der Waals surface area contributed by atoms with Crippen molar-refractivity contribution in [1.82, 2.24) is 10.2 Å². The van der Waals surface area contributed by atoms with Crippen LogP contribution in [0.15, 0.2) is 18.2 Å². The zero-order chi connectivity index (χ0) is 13.1. The Balaban J connectivity index is 2.38. The van der Waals surface area contributed by atoms with Crippen LogP contribution in [0.5, 0.6) is 11.5 Å². The van der Waals surface area contributed by atoms with Crippen molar-refractivity contribution in [2.75, 3.05) is 14.2 Å². The van der Waals surface area contributed by atoms with Gasteiger partial charge in [0.2, 0.25) is 0 Å². The quantitative estimate of drug-likeness (QED) is 0.849. The predicted octanol–water partition coefficient (Wildman–Crippen LogP) is 3.35. The van der Waals surface area contributed by atoms with Crippen LogP contribution in [-0.4, -0.2) is 24.4 Å². The van der Waals surface area contributed by atoms with Gasteiger partial charge in [0, 0.05) is 11.5 Å². The Morgan fingerprint density at radius 3 is 2.33 bits per heavy atom. The SMILES string of the molecule is COc1ccc(-c2nnc(C(C)C)s2)cc1OC. The number of ether oxygens (including phenoxy) is 2. The summed E-state index contributed by atoms with van der Waals surface area (Å²) in [6.07, 6.45) is 0. The van der Waals surface area contributed by atoms with E-state index in [-0.39, 0.29) is 0 Å². The lowest BCUT2D eigenvalue weighted by atomic mass is 10.2. The van der Waals surface area contributed by atoms with Gasteiger partial charge in [-0.05, 0) is 18.2 Å². The van der Waals surface area contributed by atoms with E-state index >= 15 is 0 Å². The molecular weight excluding hydrogens is 248 g/mol. The van der Waals surface area contributed by atoms with Gasteiger partial charge in [-0.2, -0.15) is 0 Å². The van der Waals surface area contributed by atoms with Crippen molar-refractivity contribution in [1.29, 1.82) is 0 Å². The first-order chi connectivity index (χ1) is 8.65. The van der Waals surface area contributed by atoms with E-state index in [0.717, 1.165) is 21.3 Å². The summed E-state index contributed by atoms with van der Waals surface area (Å²) in [5.74, 6) is 1.82. The Kier molecular flexibility index (Phi) is 3.81. The summed E-state index contributed by atoms with van der Waals surface area (Å²) in [4.78, 5) is 0. The molecule has 0 aliphatic carbocycles. The normalized spacial score (nSPS) is 10.7. The number of methoxy groups -OCH3 is 2. The maximum atomic E-state index is 5.28. The molecule has 2 aromatic rings. The molecule has 0 N–H and O–H groups in total. The highest BCUT2D eigenvalue weighted by atomic mass is 32.1. The van der Waals surface area contributed by atoms with Crippen molar-refractivity contribution in [2.45, 2.75) is 19.8 Å². The molecule has 0 radical (unpaired) electrons. The van der Waals surface area contributed by atoms with Gasteiger partial charge in [-0.1, -0.05) is 25.2 Å². The monoisotopic (exact) mass is 264 g/mol. The molecule has 0 spiro atoms. The standard InChI is InChI=1S/C13H16N2O2S/c1-8(2)12-14-15-13(18-12)9-5-6-10(16-3)11(7-9)17-4/h5-8H,1-4H3. The molecule has 0 fully saturated rings. The molecule has 1 aromatic heterocycles. The van der Waals surface area contributed by atoms with Gasteiger partial charge in [0.05, 0.1) is 14.2 Å². The first-order valence-electron chi connectivity index (χ1n) is 5.71. The topological polar surface area (TPSA) is 44.2 Å². The Bertz CT molecular complexity index is 538. The average molecular weight is 264 g/mol. The number of hydrogen-bond acceptors (Lipinski definition) is 5. The molecule has 96 valence electrons. The van der Waals surface area contributed by atoms with Gasteiger partial charge in [0.25, 0.3) is 0 Å². The largest absolute Gasteiger partial charge is 0.493 e. The van der Waals surface area contributed by atoms with Crippen molar-refractivity contribution in [3.8, 4) is 22.1 Å². The van der Waals surface area contributed by atoms with Crippen LogP contribution >= 0.6 is 11.3 Å². The second-order valence-corrected chi connectivity index (χ2v) is 5.18. The molecule has 0 saturated heterocycles. The Morgan fingerprint density at radius 1 is 1.06 bits per heavy atom. The molecule has 0 atom stereocenters. The molecule has 0 amide bonds. The van der Waals surface area contributed by atoms with E-state index in [2.05, 4.69) is 24.0 Å². The minimum absolute atomic E-state index is 0.399. The van der Waals surface area contributed by atoms with E-state index in [0.29, 0.717) is 11.7 Å². The maximum Gasteiger partial charge on any atom is 0.161 e. The van der Waals surface area contributed by atoms with E-state index in [9.17, 15) is 0 Å². The summed E-state index contributed by atoms with van der Waals surface area (Å²) in [5.41, 5.74) is 0.997. The molecule has 0 aliphatic rings. The van der Waals surface area contributed by atoms with E-state index in [1.807, 2.05) is 18.2 Å². The average Bonchev–Trinajstić information content (AvgIpc) is 2.87. The minimum Gasteiger partial charge on any atom is -0.493 e. The summed E-state index contributed by atoms with van der Waals surface area (Å²) < 4.78 is 10.5. The molecule has 18 heavy (non-hydrogen) atoms. The number of nitrogens with zero attached hydrogens (tertiary/aromatic N) is 2. The Hall–Kier alpha value is -1.62. The zero-order valence-electron chi connectivity index (χ0n) is 10.9. The third-order valence-electron chi connectivity index (χ3n) is 2.57. The fourth-order valence-corrected chi connectivity index (χ4v) is 2.40. The lowest BCUT2D eigenvalue weighted by molar-refractivity contribution is 0.355. The highest BCUT2D eigenvalue weighted by Crippen LogP contribution is 2.34. The number of rotatable bonds is 4. The predicted molar refractivity (Wildman–Crippen MR) is 72.5 cm³/mol. The summed E-state index contributed by atoms with van der Waals surface area (Å²) in [6, 6.07) is 5.76. The van der Waals surface area contributed by atoms with E-state index in [1.165, 1.54) is 0 Å². The molecule has 1 aromatic carbocycles. The molecule has 0 aliphatic heterocycles. The molecule has 2 rings (SSSR count). The van der Waals surface area contributed by atoms with Crippen LogP contribution in [0.4, 0.5) is 0 Å². The van der Waals surface area contributed by atoms with Gasteiger partial charge in [0.15, 0.2) is 11.5 Å². The van der Waals surface area contributed by atoms with Crippen molar-refractivity contribution >= 4 is 11.3 Å². The third kappa shape index (κ3) is 2.46. The molecule has 0 saturated carbocycles. The smallest absolute Gasteiger partial charge is 0.161 e. The summed E-state index contributed by atoms with van der Waals surface area (Å²) in [7, 11) is 3.25. The molecule has 0 bridgehead atoms. The minimum atomic E-state index is 0.399. The second kappa shape index (κ2) is 5.35. The summed E-state index contributed by atoms with van der Waals surface area (Å²) in [6.45, 7) is 4.22. The van der Waals surface area contributed by atoms with E-state index in [1.54, 1.807) is 25.6 Å². The van der Waals surface area contributed by atoms with Gasteiger partial charge in [-0.15, -0.1) is 10.2 Å². The number of benzene rings is 1. The van der Waals surface area contributed by atoms with E-state index < -0.39 is 0 Å². The lowest BCUT2D eigenvalue weighted by Gasteiger charge is -2.07. The van der Waals surface area contributed by atoms with Crippen molar-refractivity contribution in [3.63, 3.8) is 0 Å². The molecule has 5 heteroatoms. The number of aromatic nitrogens is 2. The van der Waals surface area contributed by atoms with Crippen molar-refractivity contribution in [3.05, 3.63) is 23.2 Å². The van der Waals surface area contributed by atoms with E-state index in [4.69, 9.17) is 9.47 Å². The van der Waals surface area contributed by atoms with Crippen LogP contribution in [0.3, 0.4) is 0 Å². The fourth-order valence-electron chi connectivity index (χ4n) is 1.55. The molecule has 0 unspecified atom stereocenters. The van der Waals surface area contributed by atoms with Gasteiger partial charge >= 0.3 is 0 Å². The van der Waals surface area contributed by atoms with Gasteiger partial charge in [-0.3, -0.25) is 0 Å². The van der Waals surface area contributed by atoms with Crippen LogP contribution in [0.1, 0.15) is 24.8 Å². The van der Waals surface area contributed by atoms with Crippen LogP contribution in [-0.2, 0) is 0 Å². The molecular formula is C13H16N2O2S. The van der Waals surface area contributed by atoms with Crippen molar-refractivity contribution < 1.29 is 9.47 Å². The van der Waals surface area contributed by atoms with Gasteiger partial charge in [-0.25, -0.2) is 0 Å². The maximum absolute atomic E-state index is 5.28. The first kappa shape index (κ1) is 12.8. The van der Waals surface area contributed by atoms with Crippen molar-refractivity contribution in [2.24, 2.45) is 0 Å². The lowest BCUT2D eigenvalue weighted by Crippen LogP contribution is -1.90. The van der Waals surface area contributed by atoms with Gasteiger partial charge < -0.3 is 9.47 Å². The highest BCUT2D eigenvalue weighted by Gasteiger charge is 2.12. The Labute approximate surface area is 111 Å². The number of hydrogen-bond donors (Lipinski definition) is 0. The fraction of sp³-hybridized carbons (Fsp3) is 0.385. The molecule has 1 heterocycles. The third-order valence-corrected chi connectivity index (χ3v) is 3.84.